The van der Waals surface area contributed by atoms with Crippen LogP contribution in [0.15, 0.2) is 12.1 Å². The number of amides is 1. The van der Waals surface area contributed by atoms with E-state index in [2.05, 4.69) is 15.4 Å². The highest BCUT2D eigenvalue weighted by atomic mass is 35.5. The van der Waals surface area contributed by atoms with Gasteiger partial charge in [-0.1, -0.05) is 0 Å². The molecule has 1 heterocycles. The summed E-state index contributed by atoms with van der Waals surface area (Å²) in [5.41, 5.74) is 0.110. The third-order valence-electron chi connectivity index (χ3n) is 3.18. The van der Waals surface area contributed by atoms with Crippen LogP contribution < -0.4 is 15.4 Å². The van der Waals surface area contributed by atoms with E-state index in [1.807, 2.05) is 0 Å². The molecule has 0 aliphatic carbocycles. The molecule has 0 bridgehead atoms. The minimum Gasteiger partial charge on any atom is -0.491 e. The van der Waals surface area contributed by atoms with Crippen LogP contribution in [0.4, 0.5) is 14.5 Å². The third kappa shape index (κ3) is 3.80. The molecule has 7 heteroatoms. The lowest BCUT2D eigenvalue weighted by Crippen LogP contribution is -2.34. The zero-order valence-electron chi connectivity index (χ0n) is 11.0. The molecule has 1 aromatic rings. The first kappa shape index (κ1) is 16.7. The second-order valence-corrected chi connectivity index (χ2v) is 4.49. The van der Waals surface area contributed by atoms with Crippen LogP contribution in [0.1, 0.15) is 12.8 Å². The summed E-state index contributed by atoms with van der Waals surface area (Å²) in [4.78, 5) is 11.9. The van der Waals surface area contributed by atoms with Crippen molar-refractivity contribution in [2.75, 3.05) is 25.5 Å². The summed E-state index contributed by atoms with van der Waals surface area (Å²) in [6, 6.07) is 2.11. The smallest absolute Gasteiger partial charge is 0.227 e. The maximum Gasteiger partial charge on any atom is 0.227 e. The standard InChI is InChI=1S/C13H16F2N2O2.ClH/c1-19-12-10(14)6-9(7-11(12)15)17-13(18)8-2-4-16-5-3-8;/h6-8,16H,2-5H2,1H3,(H,17,18);1H. The molecule has 4 nitrogen and oxygen atoms in total. The molecule has 0 atom stereocenters. The zero-order chi connectivity index (χ0) is 13.8. The van der Waals surface area contributed by atoms with Gasteiger partial charge in [0, 0.05) is 23.7 Å². The van der Waals surface area contributed by atoms with Gasteiger partial charge in [0.2, 0.25) is 5.91 Å². The lowest BCUT2D eigenvalue weighted by molar-refractivity contribution is -0.120. The van der Waals surface area contributed by atoms with Crippen LogP contribution in [0.2, 0.25) is 0 Å². The topological polar surface area (TPSA) is 50.4 Å². The van der Waals surface area contributed by atoms with Crippen LogP contribution in [0.25, 0.3) is 0 Å². The molecule has 1 fully saturated rings. The summed E-state index contributed by atoms with van der Waals surface area (Å²) in [5.74, 6) is -2.42. The maximum absolute atomic E-state index is 13.5. The van der Waals surface area contributed by atoms with Gasteiger partial charge >= 0.3 is 0 Å². The molecule has 2 rings (SSSR count). The summed E-state index contributed by atoms with van der Waals surface area (Å²) in [5, 5.41) is 5.69. The Hall–Kier alpha value is -1.40. The van der Waals surface area contributed by atoms with Crippen LogP contribution >= 0.6 is 12.4 Å². The van der Waals surface area contributed by atoms with E-state index in [0.717, 1.165) is 38.1 Å². The number of methoxy groups -OCH3 is 1. The first-order valence-corrected chi connectivity index (χ1v) is 6.16. The van der Waals surface area contributed by atoms with Crippen molar-refractivity contribution in [3.05, 3.63) is 23.8 Å². The van der Waals surface area contributed by atoms with E-state index in [0.29, 0.717) is 0 Å². The summed E-state index contributed by atoms with van der Waals surface area (Å²) in [6.07, 6.45) is 1.46. The molecule has 0 aromatic heterocycles. The van der Waals surface area contributed by atoms with Crippen molar-refractivity contribution >= 4 is 24.0 Å². The minimum absolute atomic E-state index is 0. The molecule has 0 spiro atoms. The number of anilines is 1. The van der Waals surface area contributed by atoms with E-state index in [9.17, 15) is 13.6 Å². The SMILES string of the molecule is COc1c(F)cc(NC(=O)C2CCNCC2)cc1F.Cl. The van der Waals surface area contributed by atoms with Crippen LogP contribution in [-0.2, 0) is 4.79 Å². The second-order valence-electron chi connectivity index (χ2n) is 4.49. The lowest BCUT2D eigenvalue weighted by atomic mass is 9.97. The first-order chi connectivity index (χ1) is 9.11. The van der Waals surface area contributed by atoms with E-state index in [-0.39, 0.29) is 29.9 Å². The Morgan fingerprint density at radius 3 is 2.35 bits per heavy atom. The molecule has 20 heavy (non-hydrogen) atoms. The lowest BCUT2D eigenvalue weighted by Gasteiger charge is -2.21. The molecule has 112 valence electrons. The number of carbonyl (C=O) groups excluding carboxylic acids is 1. The number of hydrogen-bond donors (Lipinski definition) is 2. The Labute approximate surface area is 122 Å². The highest BCUT2D eigenvalue weighted by Gasteiger charge is 2.21. The van der Waals surface area contributed by atoms with Crippen LogP contribution in [0.3, 0.4) is 0 Å². The molecule has 2 N–H and O–H groups in total. The van der Waals surface area contributed by atoms with Gasteiger partial charge in [-0.25, -0.2) is 8.78 Å². The van der Waals surface area contributed by atoms with Gasteiger partial charge in [0.05, 0.1) is 7.11 Å². The van der Waals surface area contributed by atoms with Crippen LogP contribution in [-0.4, -0.2) is 26.1 Å². The van der Waals surface area contributed by atoms with Gasteiger partial charge in [-0.2, -0.15) is 0 Å². The molecular formula is C13H17ClF2N2O2. The predicted molar refractivity (Wildman–Crippen MR) is 74.4 cm³/mol. The number of rotatable bonds is 3. The van der Waals surface area contributed by atoms with E-state index < -0.39 is 17.4 Å². The second kappa shape index (κ2) is 7.40. The Balaban J connectivity index is 0.00000200. The molecule has 1 aromatic carbocycles. The quantitative estimate of drug-likeness (QED) is 0.901. The number of halogens is 3. The van der Waals surface area contributed by atoms with E-state index in [1.165, 1.54) is 7.11 Å². The molecule has 1 aliphatic rings. The minimum atomic E-state index is -0.830. The predicted octanol–water partition coefficient (Wildman–Crippen LogP) is 2.33. The summed E-state index contributed by atoms with van der Waals surface area (Å²) in [7, 11) is 1.19. The number of ether oxygens (including phenoxy) is 1. The van der Waals surface area contributed by atoms with Gasteiger partial charge in [-0.3, -0.25) is 4.79 Å². The number of hydrogen-bond acceptors (Lipinski definition) is 3. The Morgan fingerprint density at radius 1 is 1.30 bits per heavy atom. The van der Waals surface area contributed by atoms with Crippen molar-refractivity contribution in [2.45, 2.75) is 12.8 Å². The molecule has 1 aliphatic heterocycles. The Kier molecular flexibility index (Phi) is 6.16. The van der Waals surface area contributed by atoms with Gasteiger partial charge in [-0.15, -0.1) is 12.4 Å². The van der Waals surface area contributed by atoms with Crippen molar-refractivity contribution in [1.29, 1.82) is 0 Å². The number of benzene rings is 1. The van der Waals surface area contributed by atoms with Crippen molar-refractivity contribution < 1.29 is 18.3 Å². The van der Waals surface area contributed by atoms with Gasteiger partial charge in [0.1, 0.15) is 0 Å². The summed E-state index contributed by atoms with van der Waals surface area (Å²) >= 11 is 0. The summed E-state index contributed by atoms with van der Waals surface area (Å²) < 4.78 is 31.5. The fourth-order valence-electron chi connectivity index (χ4n) is 2.16. The third-order valence-corrected chi connectivity index (χ3v) is 3.18. The van der Waals surface area contributed by atoms with E-state index in [1.54, 1.807) is 0 Å². The maximum atomic E-state index is 13.5. The van der Waals surface area contributed by atoms with Gasteiger partial charge < -0.3 is 15.4 Å². The van der Waals surface area contributed by atoms with Gasteiger partial charge in [0.25, 0.3) is 0 Å². The van der Waals surface area contributed by atoms with Crippen molar-refractivity contribution in [1.82, 2.24) is 5.32 Å². The number of piperidine rings is 1. The largest absolute Gasteiger partial charge is 0.491 e. The van der Waals surface area contributed by atoms with E-state index >= 15 is 0 Å². The van der Waals surface area contributed by atoms with Crippen molar-refractivity contribution in [3.63, 3.8) is 0 Å². The first-order valence-electron chi connectivity index (χ1n) is 6.16. The molecule has 1 amide bonds. The van der Waals surface area contributed by atoms with Crippen LogP contribution in [0.5, 0.6) is 5.75 Å². The molecule has 0 saturated carbocycles. The Bertz CT molecular complexity index is 456. The Morgan fingerprint density at radius 2 is 1.85 bits per heavy atom. The zero-order valence-corrected chi connectivity index (χ0v) is 11.9. The fraction of sp³-hybridized carbons (Fsp3) is 0.462. The summed E-state index contributed by atoms with van der Waals surface area (Å²) in [6.45, 7) is 1.56. The van der Waals surface area contributed by atoms with Crippen LogP contribution in [0, 0.1) is 17.6 Å². The average molecular weight is 307 g/mol. The van der Waals surface area contributed by atoms with Crippen molar-refractivity contribution in [3.8, 4) is 5.75 Å². The monoisotopic (exact) mass is 306 g/mol. The number of nitrogens with one attached hydrogen (secondary N) is 2. The highest BCUT2D eigenvalue weighted by Crippen LogP contribution is 2.26. The average Bonchev–Trinajstić information content (AvgIpc) is 2.39. The molecular weight excluding hydrogens is 290 g/mol. The van der Waals surface area contributed by atoms with Gasteiger partial charge in [-0.05, 0) is 25.9 Å². The van der Waals surface area contributed by atoms with E-state index in [4.69, 9.17) is 0 Å². The molecule has 1 saturated heterocycles. The highest BCUT2D eigenvalue weighted by molar-refractivity contribution is 5.92. The molecule has 0 unspecified atom stereocenters. The number of carbonyl (C=O) groups is 1. The normalized spacial score (nSPS) is 15.3. The van der Waals surface area contributed by atoms with Gasteiger partial charge in [0.15, 0.2) is 17.4 Å². The van der Waals surface area contributed by atoms with Crippen molar-refractivity contribution in [2.24, 2.45) is 5.92 Å². The molecule has 0 radical (unpaired) electrons. The fourth-order valence-corrected chi connectivity index (χ4v) is 2.16.